The number of piperidine rings is 1. The van der Waals surface area contributed by atoms with Crippen LogP contribution in [0.25, 0.3) is 0 Å². The molecule has 0 aromatic carbocycles. The number of nitrogens with zero attached hydrogens (tertiary/aromatic N) is 1. The molecule has 0 aliphatic carbocycles. The molecule has 2 rings (SSSR count). The summed E-state index contributed by atoms with van der Waals surface area (Å²) < 4.78 is 0. The number of aromatic nitrogens is 1. The first-order valence-corrected chi connectivity index (χ1v) is 5.52. The maximum atomic E-state index is 11.4. The van der Waals surface area contributed by atoms with E-state index in [1.807, 2.05) is 0 Å². The normalized spacial score (nSPS) is 16.2. The van der Waals surface area contributed by atoms with Crippen molar-refractivity contribution < 1.29 is 10.0 Å². The maximum Gasteiger partial charge on any atom is 0.488 e. The third-order valence-corrected chi connectivity index (χ3v) is 2.85. The molecule has 6 heteroatoms. The number of pyridine rings is 1. The van der Waals surface area contributed by atoms with E-state index in [2.05, 4.69) is 9.88 Å². The first kappa shape index (κ1) is 11.2. The van der Waals surface area contributed by atoms with Gasteiger partial charge in [-0.05, 0) is 30.8 Å². The van der Waals surface area contributed by atoms with Crippen molar-refractivity contribution in [2.24, 2.45) is 0 Å². The van der Waals surface area contributed by atoms with E-state index < -0.39 is 7.12 Å². The molecule has 0 amide bonds. The largest absolute Gasteiger partial charge is 0.488 e. The van der Waals surface area contributed by atoms with Gasteiger partial charge in [-0.1, -0.05) is 0 Å². The second-order valence-electron chi connectivity index (χ2n) is 4.08. The highest BCUT2D eigenvalue weighted by Gasteiger charge is 2.16. The lowest BCUT2D eigenvalue weighted by Gasteiger charge is -2.28. The molecular weight excluding hydrogens is 207 g/mol. The van der Waals surface area contributed by atoms with Crippen molar-refractivity contribution in [3.63, 3.8) is 0 Å². The van der Waals surface area contributed by atoms with Gasteiger partial charge in [0.05, 0.1) is 0 Å². The highest BCUT2D eigenvalue weighted by atomic mass is 16.4. The summed E-state index contributed by atoms with van der Waals surface area (Å²) in [6, 6.07) is 2.83. The predicted octanol–water partition coefficient (Wildman–Crippen LogP) is -0.955. The Kier molecular flexibility index (Phi) is 3.31. The van der Waals surface area contributed by atoms with Crippen LogP contribution < -0.4 is 15.9 Å². The van der Waals surface area contributed by atoms with E-state index in [1.165, 1.54) is 12.5 Å². The summed E-state index contributed by atoms with van der Waals surface area (Å²) in [5.41, 5.74) is -0.0597. The van der Waals surface area contributed by atoms with Crippen molar-refractivity contribution in [2.75, 3.05) is 18.0 Å². The molecule has 1 aliphatic rings. The van der Waals surface area contributed by atoms with Crippen LogP contribution in [0.4, 0.5) is 5.82 Å². The van der Waals surface area contributed by atoms with E-state index in [0.717, 1.165) is 25.9 Å². The summed E-state index contributed by atoms with van der Waals surface area (Å²) in [6.45, 7) is 1.81. The number of aromatic amines is 1. The highest BCUT2D eigenvalue weighted by Crippen LogP contribution is 2.15. The Bertz CT molecular complexity index is 413. The Morgan fingerprint density at radius 1 is 1.19 bits per heavy atom. The monoisotopic (exact) mass is 222 g/mol. The van der Waals surface area contributed by atoms with Gasteiger partial charge in [-0.2, -0.15) is 0 Å². The maximum absolute atomic E-state index is 11.4. The minimum atomic E-state index is -1.59. The molecule has 16 heavy (non-hydrogen) atoms. The zero-order valence-electron chi connectivity index (χ0n) is 9.02. The Hall–Kier alpha value is -1.27. The van der Waals surface area contributed by atoms with Crippen molar-refractivity contribution in [3.05, 3.63) is 22.5 Å². The van der Waals surface area contributed by atoms with Gasteiger partial charge in [-0.25, -0.2) is 0 Å². The third kappa shape index (κ3) is 2.45. The van der Waals surface area contributed by atoms with Crippen LogP contribution in [-0.4, -0.2) is 35.2 Å². The van der Waals surface area contributed by atoms with Crippen LogP contribution in [-0.2, 0) is 0 Å². The molecule has 5 nitrogen and oxygen atoms in total. The van der Waals surface area contributed by atoms with Gasteiger partial charge in [0, 0.05) is 19.2 Å². The molecule has 0 radical (unpaired) electrons. The van der Waals surface area contributed by atoms with Crippen LogP contribution >= 0.6 is 0 Å². The van der Waals surface area contributed by atoms with Gasteiger partial charge in [0.15, 0.2) is 0 Å². The van der Waals surface area contributed by atoms with Crippen LogP contribution in [0, 0.1) is 0 Å². The predicted molar refractivity (Wildman–Crippen MR) is 63.0 cm³/mol. The molecule has 0 unspecified atom stereocenters. The van der Waals surface area contributed by atoms with Crippen LogP contribution in [0.2, 0.25) is 0 Å². The summed E-state index contributed by atoms with van der Waals surface area (Å²) in [5.74, 6) is 0.676. The summed E-state index contributed by atoms with van der Waals surface area (Å²) in [5, 5.41) is 18.1. The summed E-state index contributed by atoms with van der Waals surface area (Å²) in [4.78, 5) is 16.1. The first-order valence-electron chi connectivity index (χ1n) is 5.52. The number of rotatable bonds is 2. The number of hydrogen-bond acceptors (Lipinski definition) is 4. The van der Waals surface area contributed by atoms with E-state index in [0.29, 0.717) is 5.82 Å². The van der Waals surface area contributed by atoms with Crippen LogP contribution in [0.5, 0.6) is 0 Å². The molecule has 0 bridgehead atoms. The smallest absolute Gasteiger partial charge is 0.423 e. The lowest BCUT2D eigenvalue weighted by atomic mass is 9.81. The molecular formula is C10H15BN2O3. The molecule has 0 saturated carbocycles. The standard InChI is InChI=1S/C10H15BN2O3/c14-10-7-8(11(15)16)6-9(12-10)13-4-2-1-3-5-13/h6-7,15-16H,1-5H2,(H,12,14). The molecule has 86 valence electrons. The molecule has 2 heterocycles. The summed E-state index contributed by atoms with van der Waals surface area (Å²) in [6.07, 6.45) is 3.42. The second-order valence-corrected chi connectivity index (χ2v) is 4.08. The lowest BCUT2D eigenvalue weighted by molar-refractivity contribution is 0.425. The van der Waals surface area contributed by atoms with Gasteiger partial charge in [-0.3, -0.25) is 4.79 Å². The molecule has 3 N–H and O–H groups in total. The molecule has 1 aliphatic heterocycles. The average molecular weight is 222 g/mol. The molecule has 0 spiro atoms. The van der Waals surface area contributed by atoms with Gasteiger partial charge in [0.1, 0.15) is 5.82 Å². The lowest BCUT2D eigenvalue weighted by Crippen LogP contribution is -2.37. The van der Waals surface area contributed by atoms with Gasteiger partial charge < -0.3 is 19.9 Å². The second kappa shape index (κ2) is 4.72. The van der Waals surface area contributed by atoms with Crippen molar-refractivity contribution >= 4 is 18.4 Å². The fourth-order valence-electron chi connectivity index (χ4n) is 2.00. The molecule has 1 aromatic heterocycles. The number of hydrogen-bond donors (Lipinski definition) is 3. The van der Waals surface area contributed by atoms with E-state index in [-0.39, 0.29) is 11.0 Å². The van der Waals surface area contributed by atoms with Crippen LogP contribution in [0.1, 0.15) is 19.3 Å². The van der Waals surface area contributed by atoms with E-state index in [9.17, 15) is 4.79 Å². The number of anilines is 1. The fraction of sp³-hybridized carbons (Fsp3) is 0.500. The Morgan fingerprint density at radius 3 is 2.50 bits per heavy atom. The topological polar surface area (TPSA) is 76.6 Å². The van der Waals surface area contributed by atoms with Gasteiger partial charge in [-0.15, -0.1) is 0 Å². The number of nitrogens with one attached hydrogen (secondary N) is 1. The minimum absolute atomic E-state index is 0.240. The van der Waals surface area contributed by atoms with Crippen molar-refractivity contribution in [1.82, 2.24) is 4.98 Å². The zero-order valence-corrected chi connectivity index (χ0v) is 9.02. The quantitative estimate of drug-likeness (QED) is 0.563. The van der Waals surface area contributed by atoms with Crippen molar-refractivity contribution in [2.45, 2.75) is 19.3 Å². The van der Waals surface area contributed by atoms with E-state index >= 15 is 0 Å². The zero-order chi connectivity index (χ0) is 11.5. The molecule has 1 aromatic rings. The fourth-order valence-corrected chi connectivity index (χ4v) is 2.00. The molecule has 0 atom stereocenters. The highest BCUT2D eigenvalue weighted by molar-refractivity contribution is 6.58. The van der Waals surface area contributed by atoms with E-state index in [4.69, 9.17) is 10.0 Å². The Morgan fingerprint density at radius 2 is 1.88 bits per heavy atom. The van der Waals surface area contributed by atoms with Gasteiger partial charge in [0.2, 0.25) is 5.56 Å². The molecule has 1 saturated heterocycles. The Balaban J connectivity index is 2.29. The van der Waals surface area contributed by atoms with E-state index in [1.54, 1.807) is 6.07 Å². The minimum Gasteiger partial charge on any atom is -0.423 e. The van der Waals surface area contributed by atoms with Crippen molar-refractivity contribution in [3.8, 4) is 0 Å². The number of H-pyrrole nitrogens is 1. The van der Waals surface area contributed by atoms with Crippen LogP contribution in [0.15, 0.2) is 16.9 Å². The SMILES string of the molecule is O=c1cc(B(O)O)cc(N2CCCCC2)[nH]1. The van der Waals surface area contributed by atoms with Gasteiger partial charge >= 0.3 is 7.12 Å². The summed E-state index contributed by atoms with van der Waals surface area (Å²) in [7, 11) is -1.59. The van der Waals surface area contributed by atoms with Crippen LogP contribution in [0.3, 0.4) is 0 Å². The summed E-state index contributed by atoms with van der Waals surface area (Å²) >= 11 is 0. The Labute approximate surface area is 93.9 Å². The third-order valence-electron chi connectivity index (χ3n) is 2.85. The first-order chi connectivity index (χ1) is 7.66. The average Bonchev–Trinajstić information content (AvgIpc) is 2.29. The molecule has 1 fully saturated rings. The van der Waals surface area contributed by atoms with Crippen molar-refractivity contribution in [1.29, 1.82) is 0 Å². The van der Waals surface area contributed by atoms with Gasteiger partial charge in [0.25, 0.3) is 0 Å².